The molecule has 7 nitrogen and oxygen atoms in total. The molecule has 7 heteroatoms. The van der Waals surface area contributed by atoms with E-state index in [0.29, 0.717) is 11.6 Å². The van der Waals surface area contributed by atoms with E-state index < -0.39 is 0 Å². The Morgan fingerprint density at radius 1 is 1.09 bits per heavy atom. The summed E-state index contributed by atoms with van der Waals surface area (Å²) in [5, 5.41) is 11.7. The number of pyridine rings is 1. The van der Waals surface area contributed by atoms with Crippen LogP contribution in [0, 0.1) is 12.8 Å². The Hall–Kier alpha value is -2.83. The highest BCUT2D eigenvalue weighted by molar-refractivity contribution is 5.71. The fourth-order valence-corrected chi connectivity index (χ4v) is 2.65. The number of nitrogens with zero attached hydrogens (tertiary/aromatic N) is 6. The van der Waals surface area contributed by atoms with E-state index in [1.165, 1.54) is 0 Å². The molecule has 1 fully saturated rings. The van der Waals surface area contributed by atoms with Crippen LogP contribution in [0.1, 0.15) is 5.69 Å². The van der Waals surface area contributed by atoms with Gasteiger partial charge in [-0.25, -0.2) is 9.97 Å². The zero-order valence-electron chi connectivity index (χ0n) is 12.8. The Morgan fingerprint density at radius 2 is 1.96 bits per heavy atom. The van der Waals surface area contributed by atoms with Crippen LogP contribution in [0.3, 0.4) is 0 Å². The van der Waals surface area contributed by atoms with Crippen LogP contribution in [0.2, 0.25) is 0 Å². The van der Waals surface area contributed by atoms with E-state index >= 15 is 0 Å². The molecule has 23 heavy (non-hydrogen) atoms. The molecule has 0 unspecified atom stereocenters. The number of hydrogen-bond donors (Lipinski definition) is 1. The maximum atomic E-state index is 4.47. The molecule has 1 saturated heterocycles. The van der Waals surface area contributed by atoms with Crippen molar-refractivity contribution in [3.05, 3.63) is 42.4 Å². The van der Waals surface area contributed by atoms with E-state index in [1.807, 2.05) is 31.2 Å². The van der Waals surface area contributed by atoms with Gasteiger partial charge < -0.3 is 10.2 Å². The van der Waals surface area contributed by atoms with Crippen molar-refractivity contribution in [1.29, 1.82) is 0 Å². The van der Waals surface area contributed by atoms with Crippen molar-refractivity contribution >= 4 is 22.8 Å². The third kappa shape index (κ3) is 2.90. The van der Waals surface area contributed by atoms with Crippen molar-refractivity contribution in [2.24, 2.45) is 5.92 Å². The third-order valence-corrected chi connectivity index (χ3v) is 3.97. The molecule has 0 saturated carbocycles. The predicted molar refractivity (Wildman–Crippen MR) is 88.3 cm³/mol. The maximum Gasteiger partial charge on any atom is 0.180 e. The normalized spacial score (nSPS) is 14.7. The molecule has 4 heterocycles. The van der Waals surface area contributed by atoms with Crippen molar-refractivity contribution in [1.82, 2.24) is 25.1 Å². The molecule has 4 rings (SSSR count). The number of fused-ring (bicyclic) bond motifs is 1. The van der Waals surface area contributed by atoms with Crippen LogP contribution in [0.25, 0.3) is 11.2 Å². The number of rotatable bonds is 4. The minimum absolute atomic E-state index is 0.581. The van der Waals surface area contributed by atoms with E-state index in [9.17, 15) is 0 Å². The summed E-state index contributed by atoms with van der Waals surface area (Å²) in [5.41, 5.74) is 2.42. The fourth-order valence-electron chi connectivity index (χ4n) is 2.65. The molecule has 3 aromatic heterocycles. The summed E-state index contributed by atoms with van der Waals surface area (Å²) in [4.78, 5) is 15.2. The van der Waals surface area contributed by atoms with E-state index in [2.05, 4.69) is 35.4 Å². The first kappa shape index (κ1) is 13.8. The number of aryl methyl sites for hydroxylation is 1. The molecule has 1 aliphatic rings. The van der Waals surface area contributed by atoms with Crippen molar-refractivity contribution < 1.29 is 0 Å². The monoisotopic (exact) mass is 307 g/mol. The molecule has 0 aromatic carbocycles. The van der Waals surface area contributed by atoms with Crippen molar-refractivity contribution in [2.45, 2.75) is 6.92 Å². The summed E-state index contributed by atoms with van der Waals surface area (Å²) in [6.07, 6.45) is 3.33. The lowest BCUT2D eigenvalue weighted by Gasteiger charge is -2.40. The number of aromatic nitrogens is 5. The summed E-state index contributed by atoms with van der Waals surface area (Å²) in [6.45, 7) is 4.80. The van der Waals surface area contributed by atoms with E-state index in [-0.39, 0.29) is 0 Å². The van der Waals surface area contributed by atoms with Crippen LogP contribution in [0.4, 0.5) is 11.6 Å². The molecule has 0 radical (unpaired) electrons. The van der Waals surface area contributed by atoms with Crippen molar-refractivity contribution in [2.75, 3.05) is 29.9 Å². The second-order valence-corrected chi connectivity index (χ2v) is 5.78. The van der Waals surface area contributed by atoms with Crippen molar-refractivity contribution in [3.8, 4) is 0 Å². The smallest absolute Gasteiger partial charge is 0.180 e. The van der Waals surface area contributed by atoms with Gasteiger partial charge >= 0.3 is 0 Å². The first-order chi connectivity index (χ1) is 11.3. The second kappa shape index (κ2) is 5.75. The van der Waals surface area contributed by atoms with Crippen LogP contribution >= 0.6 is 0 Å². The molecular weight excluding hydrogens is 290 g/mol. The highest BCUT2D eigenvalue weighted by Crippen LogP contribution is 2.22. The average molecular weight is 307 g/mol. The molecular formula is C16H17N7. The standard InChI is InChI=1S/C16H17N7/c1-11-2-5-15(22-21-11)23-9-12(10-23)8-19-14-4-3-13-16(20-14)18-7-6-17-13/h2-7,12H,8-10H2,1H3,(H,18,19,20). The van der Waals surface area contributed by atoms with Crippen molar-refractivity contribution in [3.63, 3.8) is 0 Å². The largest absolute Gasteiger partial charge is 0.370 e. The van der Waals surface area contributed by atoms with Gasteiger partial charge in [-0.05, 0) is 31.2 Å². The highest BCUT2D eigenvalue weighted by Gasteiger charge is 2.27. The lowest BCUT2D eigenvalue weighted by atomic mass is 10.0. The van der Waals surface area contributed by atoms with Gasteiger partial charge in [0, 0.05) is 37.9 Å². The molecule has 0 aliphatic carbocycles. The van der Waals surface area contributed by atoms with Gasteiger partial charge in [0.15, 0.2) is 11.5 Å². The van der Waals surface area contributed by atoms with Gasteiger partial charge in [-0.1, -0.05) is 0 Å². The molecule has 0 amide bonds. The summed E-state index contributed by atoms with van der Waals surface area (Å²) < 4.78 is 0. The zero-order valence-corrected chi connectivity index (χ0v) is 12.8. The summed E-state index contributed by atoms with van der Waals surface area (Å²) in [7, 11) is 0. The molecule has 0 bridgehead atoms. The number of hydrogen-bond acceptors (Lipinski definition) is 7. The molecule has 0 atom stereocenters. The Kier molecular flexibility index (Phi) is 3.45. The number of nitrogens with one attached hydrogen (secondary N) is 1. The summed E-state index contributed by atoms with van der Waals surface area (Å²) >= 11 is 0. The van der Waals surface area contributed by atoms with Gasteiger partial charge in [-0.3, -0.25) is 4.98 Å². The maximum absolute atomic E-state index is 4.47. The van der Waals surface area contributed by atoms with Crippen LogP contribution in [0.15, 0.2) is 36.7 Å². The topological polar surface area (TPSA) is 79.7 Å². The van der Waals surface area contributed by atoms with Gasteiger partial charge in [0.1, 0.15) is 11.3 Å². The first-order valence-corrected chi connectivity index (χ1v) is 7.65. The Morgan fingerprint density at radius 3 is 2.78 bits per heavy atom. The Labute approximate surface area is 133 Å². The van der Waals surface area contributed by atoms with Gasteiger partial charge in [-0.2, -0.15) is 5.10 Å². The molecule has 3 aromatic rings. The fraction of sp³-hybridized carbons (Fsp3) is 0.312. The van der Waals surface area contributed by atoms with Crippen LogP contribution in [0.5, 0.6) is 0 Å². The first-order valence-electron chi connectivity index (χ1n) is 7.65. The van der Waals surface area contributed by atoms with Gasteiger partial charge in [0.05, 0.1) is 5.69 Å². The second-order valence-electron chi connectivity index (χ2n) is 5.78. The summed E-state index contributed by atoms with van der Waals surface area (Å²) in [6, 6.07) is 7.90. The number of anilines is 2. The molecule has 116 valence electrons. The Bertz CT molecular complexity index is 812. The van der Waals surface area contributed by atoms with E-state index in [1.54, 1.807) is 12.4 Å². The van der Waals surface area contributed by atoms with Gasteiger partial charge in [0.2, 0.25) is 0 Å². The molecule has 1 aliphatic heterocycles. The lowest BCUT2D eigenvalue weighted by molar-refractivity contribution is 0.425. The van der Waals surface area contributed by atoms with Crippen LogP contribution < -0.4 is 10.2 Å². The van der Waals surface area contributed by atoms with Crippen LogP contribution in [-0.2, 0) is 0 Å². The Balaban J connectivity index is 1.32. The SMILES string of the molecule is Cc1ccc(N2CC(CNc3ccc4nccnc4n3)C2)nn1. The van der Waals surface area contributed by atoms with E-state index in [0.717, 1.165) is 42.5 Å². The van der Waals surface area contributed by atoms with Gasteiger partial charge in [0.25, 0.3) is 0 Å². The molecule has 0 spiro atoms. The van der Waals surface area contributed by atoms with Gasteiger partial charge in [-0.15, -0.1) is 5.10 Å². The minimum atomic E-state index is 0.581. The predicted octanol–water partition coefficient (Wildman–Crippen LogP) is 1.67. The van der Waals surface area contributed by atoms with Crippen LogP contribution in [-0.4, -0.2) is 44.8 Å². The summed E-state index contributed by atoms with van der Waals surface area (Å²) in [5.74, 6) is 2.37. The highest BCUT2D eigenvalue weighted by atomic mass is 15.3. The van der Waals surface area contributed by atoms with E-state index in [4.69, 9.17) is 0 Å². The minimum Gasteiger partial charge on any atom is -0.370 e. The average Bonchev–Trinajstić information content (AvgIpc) is 2.55. The molecule has 1 N–H and O–H groups in total. The third-order valence-electron chi connectivity index (χ3n) is 3.97. The lowest BCUT2D eigenvalue weighted by Crippen LogP contribution is -2.50. The zero-order chi connectivity index (χ0) is 15.6. The quantitative estimate of drug-likeness (QED) is 0.785.